The Morgan fingerprint density at radius 2 is 1.75 bits per heavy atom. The average Bonchev–Trinajstić information content (AvgIpc) is 2.17. The van der Waals surface area contributed by atoms with Gasteiger partial charge in [0.1, 0.15) is 5.82 Å². The van der Waals surface area contributed by atoms with Crippen LogP contribution in [-0.2, 0) is 6.18 Å². The molecule has 84 valence electrons. The van der Waals surface area contributed by atoms with E-state index in [1.54, 1.807) is 0 Å². The van der Waals surface area contributed by atoms with Crippen molar-refractivity contribution in [2.75, 3.05) is 0 Å². The zero-order valence-corrected chi connectivity index (χ0v) is 9.23. The Morgan fingerprint density at radius 3 is 2.38 bits per heavy atom. The molecule has 1 nitrogen and oxygen atoms in total. The molecule has 2 aromatic rings. The Bertz CT molecular complexity index is 550. The molecule has 2 rings (SSSR count). The number of rotatable bonds is 0. The highest BCUT2D eigenvalue weighted by Gasteiger charge is 2.33. The number of fused-ring (bicyclic) bond motifs is 1. The van der Waals surface area contributed by atoms with Crippen molar-refractivity contribution in [3.05, 3.63) is 40.4 Å². The summed E-state index contributed by atoms with van der Waals surface area (Å²) in [6.45, 7) is 0. The van der Waals surface area contributed by atoms with E-state index in [-0.39, 0.29) is 10.8 Å². The number of hydrogen-bond acceptors (Lipinski definition) is 1. The zero-order valence-electron chi connectivity index (χ0n) is 7.65. The van der Waals surface area contributed by atoms with Gasteiger partial charge in [0.15, 0.2) is 0 Å². The Morgan fingerprint density at radius 1 is 1.06 bits per heavy atom. The fourth-order valence-electron chi connectivity index (χ4n) is 1.44. The first-order chi connectivity index (χ1) is 7.39. The summed E-state index contributed by atoms with van der Waals surface area (Å²) < 4.78 is 51.3. The van der Waals surface area contributed by atoms with Gasteiger partial charge >= 0.3 is 6.18 Å². The van der Waals surface area contributed by atoms with Crippen LogP contribution < -0.4 is 0 Å². The van der Waals surface area contributed by atoms with Crippen molar-refractivity contribution in [1.82, 2.24) is 4.98 Å². The maximum atomic E-state index is 13.1. The number of hydrogen-bond donors (Lipinski definition) is 0. The van der Waals surface area contributed by atoms with E-state index in [1.165, 1.54) is 6.20 Å². The molecule has 1 heterocycles. The highest BCUT2D eigenvalue weighted by atomic mass is 79.9. The second-order valence-electron chi connectivity index (χ2n) is 3.17. The lowest BCUT2D eigenvalue weighted by atomic mass is 10.1. The minimum atomic E-state index is -4.59. The molecule has 0 spiro atoms. The van der Waals surface area contributed by atoms with Gasteiger partial charge < -0.3 is 0 Å². The topological polar surface area (TPSA) is 12.9 Å². The molecule has 0 radical (unpaired) electrons. The molecule has 6 heteroatoms. The summed E-state index contributed by atoms with van der Waals surface area (Å²) in [5.74, 6) is -0.924. The lowest BCUT2D eigenvalue weighted by Gasteiger charge is -2.10. The van der Waals surface area contributed by atoms with Gasteiger partial charge in [0, 0.05) is 27.6 Å². The highest BCUT2D eigenvalue weighted by molar-refractivity contribution is 9.10. The third-order valence-electron chi connectivity index (χ3n) is 2.10. The Labute approximate surface area is 96.2 Å². The first kappa shape index (κ1) is 11.3. The van der Waals surface area contributed by atoms with Gasteiger partial charge in [0.25, 0.3) is 0 Å². The van der Waals surface area contributed by atoms with Gasteiger partial charge in [0.05, 0.1) is 5.56 Å². The summed E-state index contributed by atoms with van der Waals surface area (Å²) in [5.41, 5.74) is -1.02. The molecule has 0 unspecified atom stereocenters. The SMILES string of the molecule is Fc1cc(C(F)(F)F)c2cncc(Br)c2c1. The number of alkyl halides is 3. The first-order valence-electron chi connectivity index (χ1n) is 4.19. The highest BCUT2D eigenvalue weighted by Crippen LogP contribution is 2.36. The lowest BCUT2D eigenvalue weighted by Crippen LogP contribution is -2.06. The fourth-order valence-corrected chi connectivity index (χ4v) is 1.88. The van der Waals surface area contributed by atoms with Crippen molar-refractivity contribution in [2.24, 2.45) is 0 Å². The van der Waals surface area contributed by atoms with Crippen molar-refractivity contribution in [2.45, 2.75) is 6.18 Å². The molecule has 0 fully saturated rings. The molecule has 0 saturated carbocycles. The van der Waals surface area contributed by atoms with Crippen LogP contribution in [0, 0.1) is 5.82 Å². The molecule has 1 aromatic carbocycles. The van der Waals surface area contributed by atoms with E-state index in [0.717, 1.165) is 12.3 Å². The summed E-state index contributed by atoms with van der Waals surface area (Å²) in [5, 5.41) is 0.0330. The molecule has 1 aromatic heterocycles. The molecule has 0 aliphatic carbocycles. The van der Waals surface area contributed by atoms with Crippen LogP contribution in [0.25, 0.3) is 10.8 Å². The second-order valence-corrected chi connectivity index (χ2v) is 4.02. The van der Waals surface area contributed by atoms with Crippen LogP contribution in [0.4, 0.5) is 17.6 Å². The van der Waals surface area contributed by atoms with Crippen molar-refractivity contribution in [3.63, 3.8) is 0 Å². The third-order valence-corrected chi connectivity index (χ3v) is 2.73. The molecule has 16 heavy (non-hydrogen) atoms. The van der Waals surface area contributed by atoms with E-state index in [9.17, 15) is 17.6 Å². The smallest absolute Gasteiger partial charge is 0.263 e. The van der Waals surface area contributed by atoms with Crippen LogP contribution in [0.15, 0.2) is 29.0 Å². The van der Waals surface area contributed by atoms with Crippen molar-refractivity contribution < 1.29 is 17.6 Å². The van der Waals surface area contributed by atoms with Crippen LogP contribution in [0.5, 0.6) is 0 Å². The van der Waals surface area contributed by atoms with Crippen molar-refractivity contribution in [1.29, 1.82) is 0 Å². The molecule has 0 atom stereocenters. The van der Waals surface area contributed by atoms with Gasteiger partial charge in [-0.2, -0.15) is 13.2 Å². The summed E-state index contributed by atoms with van der Waals surface area (Å²) in [6.07, 6.45) is -2.20. The molecule has 0 saturated heterocycles. The quantitative estimate of drug-likeness (QED) is 0.665. The Hall–Kier alpha value is -1.17. The number of aromatic nitrogens is 1. The molecule has 0 bridgehead atoms. The van der Waals surface area contributed by atoms with Gasteiger partial charge in [-0.05, 0) is 28.1 Å². The van der Waals surface area contributed by atoms with Gasteiger partial charge in [-0.3, -0.25) is 4.98 Å². The maximum Gasteiger partial charge on any atom is 0.417 e. The predicted molar refractivity (Wildman–Crippen MR) is 54.4 cm³/mol. The minimum Gasteiger partial charge on any atom is -0.263 e. The molecule has 0 aliphatic heterocycles. The minimum absolute atomic E-state index is 0.122. The molecular weight excluding hydrogens is 290 g/mol. The van der Waals surface area contributed by atoms with E-state index in [4.69, 9.17) is 0 Å². The standard InChI is InChI=1S/C10H4BrF4N/c11-9-4-16-3-7-6(9)1-5(12)2-8(7)10(13,14)15/h1-4H. The summed E-state index contributed by atoms with van der Waals surface area (Å²) in [6, 6.07) is 1.51. The zero-order chi connectivity index (χ0) is 11.9. The van der Waals surface area contributed by atoms with Crippen molar-refractivity contribution in [3.8, 4) is 0 Å². The van der Waals surface area contributed by atoms with E-state index < -0.39 is 17.6 Å². The van der Waals surface area contributed by atoms with E-state index in [2.05, 4.69) is 20.9 Å². The molecule has 0 amide bonds. The van der Waals surface area contributed by atoms with Gasteiger partial charge in [0.2, 0.25) is 0 Å². The number of benzene rings is 1. The third kappa shape index (κ3) is 1.89. The van der Waals surface area contributed by atoms with Gasteiger partial charge in [-0.1, -0.05) is 0 Å². The summed E-state index contributed by atoms with van der Waals surface area (Å²) in [4.78, 5) is 3.65. The molecular formula is C10H4BrF4N. The van der Waals surface area contributed by atoms with Crippen LogP contribution in [0.3, 0.4) is 0 Å². The van der Waals surface area contributed by atoms with Gasteiger partial charge in [-0.15, -0.1) is 0 Å². The lowest BCUT2D eigenvalue weighted by molar-refractivity contribution is -0.136. The maximum absolute atomic E-state index is 13.1. The van der Waals surface area contributed by atoms with Crippen LogP contribution in [0.1, 0.15) is 5.56 Å². The molecule has 0 aliphatic rings. The van der Waals surface area contributed by atoms with E-state index >= 15 is 0 Å². The monoisotopic (exact) mass is 293 g/mol. The Balaban J connectivity index is 2.89. The summed E-state index contributed by atoms with van der Waals surface area (Å²) >= 11 is 3.04. The fraction of sp³-hybridized carbons (Fsp3) is 0.100. The van der Waals surface area contributed by atoms with Crippen LogP contribution in [-0.4, -0.2) is 4.98 Å². The van der Waals surface area contributed by atoms with Gasteiger partial charge in [-0.25, -0.2) is 4.39 Å². The predicted octanol–water partition coefficient (Wildman–Crippen LogP) is 4.16. The van der Waals surface area contributed by atoms with Crippen LogP contribution >= 0.6 is 15.9 Å². The number of pyridine rings is 1. The number of nitrogens with zero attached hydrogens (tertiary/aromatic N) is 1. The van der Waals surface area contributed by atoms with Crippen molar-refractivity contribution >= 4 is 26.7 Å². The summed E-state index contributed by atoms with van der Waals surface area (Å²) in [7, 11) is 0. The second kappa shape index (κ2) is 3.69. The van der Waals surface area contributed by atoms with E-state index in [0.29, 0.717) is 10.5 Å². The largest absolute Gasteiger partial charge is 0.417 e. The average molecular weight is 294 g/mol. The molecule has 0 N–H and O–H groups in total. The Kier molecular flexibility index (Phi) is 2.61. The van der Waals surface area contributed by atoms with Crippen LogP contribution in [0.2, 0.25) is 0 Å². The normalized spacial score (nSPS) is 12.1. The number of halogens is 5. The van der Waals surface area contributed by atoms with E-state index in [1.807, 2.05) is 0 Å². The first-order valence-corrected chi connectivity index (χ1v) is 4.99.